The number of nitrogens with one attached hydrogen (secondary N) is 1. The second-order valence-electron chi connectivity index (χ2n) is 8.47. The summed E-state index contributed by atoms with van der Waals surface area (Å²) < 4.78 is 0. The number of ketones is 1. The standard InChI is InChI=1S/C24H31NO2/c1-8-10-17-11-15(3)22(18(9-2)12-17)23-16(4)19(13-20(23)26)14-21(27)25-24(5,6)7/h11-12,19,23H,4,9,13-14H2,1-3,5-7H3,(H,25,27). The molecule has 1 aliphatic carbocycles. The van der Waals surface area contributed by atoms with Gasteiger partial charge in [-0.15, -0.1) is 5.92 Å². The van der Waals surface area contributed by atoms with Crippen LogP contribution in [0.4, 0.5) is 0 Å². The van der Waals surface area contributed by atoms with Crippen molar-refractivity contribution in [3.8, 4) is 11.8 Å². The molecule has 1 saturated carbocycles. The number of benzene rings is 1. The van der Waals surface area contributed by atoms with Crippen molar-refractivity contribution in [1.29, 1.82) is 0 Å². The molecular weight excluding hydrogens is 334 g/mol. The largest absolute Gasteiger partial charge is 0.351 e. The van der Waals surface area contributed by atoms with Crippen LogP contribution in [0.3, 0.4) is 0 Å². The molecule has 1 aliphatic rings. The third-order valence-electron chi connectivity index (χ3n) is 5.02. The lowest BCUT2D eigenvalue weighted by atomic mass is 9.83. The summed E-state index contributed by atoms with van der Waals surface area (Å²) in [6.07, 6.45) is 1.54. The van der Waals surface area contributed by atoms with Gasteiger partial charge in [0.1, 0.15) is 5.78 Å². The lowest BCUT2D eigenvalue weighted by Gasteiger charge is -2.23. The molecule has 144 valence electrons. The van der Waals surface area contributed by atoms with Crippen LogP contribution in [0.15, 0.2) is 24.3 Å². The van der Waals surface area contributed by atoms with Crippen molar-refractivity contribution < 1.29 is 9.59 Å². The van der Waals surface area contributed by atoms with Crippen molar-refractivity contribution in [2.45, 2.75) is 72.3 Å². The van der Waals surface area contributed by atoms with E-state index in [0.717, 1.165) is 34.2 Å². The third-order valence-corrected chi connectivity index (χ3v) is 5.02. The predicted molar refractivity (Wildman–Crippen MR) is 111 cm³/mol. The lowest BCUT2D eigenvalue weighted by molar-refractivity contribution is -0.123. The van der Waals surface area contributed by atoms with Gasteiger partial charge < -0.3 is 5.32 Å². The summed E-state index contributed by atoms with van der Waals surface area (Å²) >= 11 is 0. The Labute approximate surface area is 163 Å². The third kappa shape index (κ3) is 4.89. The average molecular weight is 366 g/mol. The van der Waals surface area contributed by atoms with Crippen molar-refractivity contribution in [2.75, 3.05) is 0 Å². The zero-order valence-corrected chi connectivity index (χ0v) is 17.5. The molecule has 27 heavy (non-hydrogen) atoms. The minimum Gasteiger partial charge on any atom is -0.351 e. The lowest BCUT2D eigenvalue weighted by Crippen LogP contribution is -2.41. The highest BCUT2D eigenvalue weighted by atomic mass is 16.2. The Morgan fingerprint density at radius 1 is 1.33 bits per heavy atom. The summed E-state index contributed by atoms with van der Waals surface area (Å²) in [5.41, 5.74) is 4.86. The van der Waals surface area contributed by atoms with Crippen molar-refractivity contribution in [2.24, 2.45) is 5.92 Å². The smallest absolute Gasteiger partial charge is 0.221 e. The maximum atomic E-state index is 12.9. The van der Waals surface area contributed by atoms with E-state index in [1.54, 1.807) is 0 Å². The summed E-state index contributed by atoms with van der Waals surface area (Å²) in [6, 6.07) is 4.13. The normalized spacial score (nSPS) is 19.6. The van der Waals surface area contributed by atoms with E-state index < -0.39 is 0 Å². The molecule has 2 rings (SSSR count). The molecule has 0 spiro atoms. The molecular formula is C24H31NO2. The van der Waals surface area contributed by atoms with Crippen LogP contribution < -0.4 is 5.32 Å². The Hall–Kier alpha value is -2.34. The SMILES string of the molecule is C=C1C(CC(=O)NC(C)(C)C)CC(=O)C1c1c(C)cc(C#CC)cc1CC. The minimum atomic E-state index is -0.309. The fourth-order valence-electron chi connectivity index (χ4n) is 3.97. The van der Waals surface area contributed by atoms with Gasteiger partial charge in [-0.1, -0.05) is 25.0 Å². The first-order chi connectivity index (χ1) is 12.6. The van der Waals surface area contributed by atoms with E-state index in [4.69, 9.17) is 0 Å². The predicted octanol–water partition coefficient (Wildman–Crippen LogP) is 4.46. The van der Waals surface area contributed by atoms with E-state index in [1.165, 1.54) is 0 Å². The summed E-state index contributed by atoms with van der Waals surface area (Å²) in [4.78, 5) is 25.2. The molecule has 2 unspecified atom stereocenters. The zero-order valence-electron chi connectivity index (χ0n) is 17.5. The van der Waals surface area contributed by atoms with Gasteiger partial charge in [-0.3, -0.25) is 9.59 Å². The van der Waals surface area contributed by atoms with Crippen LogP contribution in [0.5, 0.6) is 0 Å². The van der Waals surface area contributed by atoms with Gasteiger partial charge in [-0.05, 0) is 75.8 Å². The molecule has 1 N–H and O–H groups in total. The highest BCUT2D eigenvalue weighted by molar-refractivity contribution is 5.94. The molecule has 1 amide bonds. The fourth-order valence-corrected chi connectivity index (χ4v) is 3.97. The summed E-state index contributed by atoms with van der Waals surface area (Å²) in [6.45, 7) is 16.1. The quantitative estimate of drug-likeness (QED) is 0.632. The first-order valence-electron chi connectivity index (χ1n) is 9.66. The van der Waals surface area contributed by atoms with Gasteiger partial charge in [0.15, 0.2) is 0 Å². The molecule has 1 fully saturated rings. The number of allylic oxidation sites excluding steroid dienone is 1. The maximum absolute atomic E-state index is 12.9. The molecule has 1 aromatic carbocycles. The van der Waals surface area contributed by atoms with Gasteiger partial charge in [-0.25, -0.2) is 0 Å². The molecule has 0 heterocycles. The van der Waals surface area contributed by atoms with Gasteiger partial charge >= 0.3 is 0 Å². The number of carbonyl (C=O) groups excluding carboxylic acids is 2. The fraction of sp³-hybridized carbons (Fsp3) is 0.500. The number of hydrogen-bond donors (Lipinski definition) is 1. The summed E-state index contributed by atoms with van der Waals surface area (Å²) in [7, 11) is 0. The Kier molecular flexibility index (Phi) is 6.31. The molecule has 2 atom stereocenters. The number of hydrogen-bond acceptors (Lipinski definition) is 2. The molecule has 3 nitrogen and oxygen atoms in total. The first-order valence-corrected chi connectivity index (χ1v) is 9.66. The van der Waals surface area contributed by atoms with E-state index in [-0.39, 0.29) is 29.1 Å². The van der Waals surface area contributed by atoms with Crippen LogP contribution in [0.2, 0.25) is 0 Å². The molecule has 0 saturated heterocycles. The van der Waals surface area contributed by atoms with Crippen molar-refractivity contribution >= 4 is 11.7 Å². The van der Waals surface area contributed by atoms with Crippen molar-refractivity contribution in [3.05, 3.63) is 46.5 Å². The molecule has 0 aliphatic heterocycles. The van der Waals surface area contributed by atoms with E-state index in [2.05, 4.69) is 36.7 Å². The molecule has 0 bridgehead atoms. The van der Waals surface area contributed by atoms with E-state index in [0.29, 0.717) is 12.8 Å². The second kappa shape index (κ2) is 8.13. The highest BCUT2D eigenvalue weighted by Crippen LogP contribution is 2.43. The summed E-state index contributed by atoms with van der Waals surface area (Å²) in [5.74, 6) is 5.79. The monoisotopic (exact) mass is 365 g/mol. The Bertz CT molecular complexity index is 830. The number of rotatable bonds is 4. The second-order valence-corrected chi connectivity index (χ2v) is 8.47. The van der Waals surface area contributed by atoms with E-state index in [1.807, 2.05) is 40.7 Å². The zero-order chi connectivity index (χ0) is 20.4. The van der Waals surface area contributed by atoms with Gasteiger partial charge in [-0.2, -0.15) is 0 Å². The van der Waals surface area contributed by atoms with E-state index in [9.17, 15) is 9.59 Å². The molecule has 0 radical (unpaired) electrons. The Morgan fingerprint density at radius 3 is 2.56 bits per heavy atom. The maximum Gasteiger partial charge on any atom is 0.221 e. The number of Topliss-reactive ketones (excluding diaryl/α,β-unsaturated/α-hetero) is 1. The van der Waals surface area contributed by atoms with Crippen LogP contribution in [0, 0.1) is 24.7 Å². The van der Waals surface area contributed by atoms with Gasteiger partial charge in [0.2, 0.25) is 5.91 Å². The first kappa shape index (κ1) is 21.0. The van der Waals surface area contributed by atoms with E-state index >= 15 is 0 Å². The summed E-state index contributed by atoms with van der Waals surface area (Å²) in [5, 5.41) is 2.98. The number of amides is 1. The topological polar surface area (TPSA) is 46.2 Å². The Balaban J connectivity index is 2.32. The molecule has 0 aromatic heterocycles. The molecule has 1 aromatic rings. The van der Waals surface area contributed by atoms with Gasteiger partial charge in [0.05, 0.1) is 5.92 Å². The van der Waals surface area contributed by atoms with Crippen molar-refractivity contribution in [1.82, 2.24) is 5.32 Å². The van der Waals surface area contributed by atoms with Crippen LogP contribution >= 0.6 is 0 Å². The van der Waals surface area contributed by atoms with Crippen LogP contribution in [-0.2, 0) is 16.0 Å². The molecule has 3 heteroatoms. The number of carbonyl (C=O) groups is 2. The van der Waals surface area contributed by atoms with Gasteiger partial charge in [0.25, 0.3) is 0 Å². The highest BCUT2D eigenvalue weighted by Gasteiger charge is 2.39. The average Bonchev–Trinajstić information content (AvgIpc) is 2.79. The van der Waals surface area contributed by atoms with Crippen molar-refractivity contribution in [3.63, 3.8) is 0 Å². The van der Waals surface area contributed by atoms with Crippen LogP contribution in [-0.4, -0.2) is 17.2 Å². The Morgan fingerprint density at radius 2 is 2.00 bits per heavy atom. The van der Waals surface area contributed by atoms with Crippen LogP contribution in [0.25, 0.3) is 0 Å². The minimum absolute atomic E-state index is 0.0249. The number of aryl methyl sites for hydroxylation is 2. The van der Waals surface area contributed by atoms with Crippen LogP contribution in [0.1, 0.15) is 75.6 Å². The van der Waals surface area contributed by atoms with Gasteiger partial charge in [0, 0.05) is 23.9 Å².